The van der Waals surface area contributed by atoms with Gasteiger partial charge in [0.05, 0.1) is 6.61 Å². The van der Waals surface area contributed by atoms with Crippen LogP contribution in [0.15, 0.2) is 12.2 Å². The summed E-state index contributed by atoms with van der Waals surface area (Å²) in [7, 11) is 0. The lowest BCUT2D eigenvalue weighted by atomic mass is 10.0. The summed E-state index contributed by atoms with van der Waals surface area (Å²) in [5.74, 6) is 0.725. The molecule has 26 heavy (non-hydrogen) atoms. The fourth-order valence-electron chi connectivity index (χ4n) is 3.32. The third-order valence-electron chi connectivity index (χ3n) is 5.03. The van der Waals surface area contributed by atoms with Crippen LogP contribution in [-0.2, 0) is 9.53 Å². The molecule has 0 N–H and O–H groups in total. The average Bonchev–Trinajstić information content (AvgIpc) is 2.63. The summed E-state index contributed by atoms with van der Waals surface area (Å²) < 4.78 is 4.94. The quantitative estimate of drug-likeness (QED) is 0.131. The maximum Gasteiger partial charge on any atom is 0.305 e. The van der Waals surface area contributed by atoms with E-state index < -0.39 is 0 Å². The van der Waals surface area contributed by atoms with Gasteiger partial charge in [0.2, 0.25) is 0 Å². The van der Waals surface area contributed by atoms with Crippen LogP contribution in [0.2, 0.25) is 0 Å². The van der Waals surface area contributed by atoms with Gasteiger partial charge in [-0.1, -0.05) is 96.6 Å². The number of ether oxygens (including phenoxy) is 1. The molecule has 0 aliphatic carbocycles. The van der Waals surface area contributed by atoms with Crippen LogP contribution in [0.5, 0.6) is 0 Å². The number of carbonyl (C=O) groups is 1. The van der Waals surface area contributed by atoms with E-state index in [0.717, 1.165) is 12.3 Å². The van der Waals surface area contributed by atoms with E-state index in [9.17, 15) is 4.79 Å². The molecule has 0 heterocycles. The molecular weight excluding hydrogens is 320 g/mol. The molecule has 0 fully saturated rings. The summed E-state index contributed by atoms with van der Waals surface area (Å²) in [5.41, 5.74) is 0. The Balaban J connectivity index is 3.23. The number of allylic oxidation sites excluding steroid dienone is 2. The van der Waals surface area contributed by atoms with Crippen molar-refractivity contribution < 1.29 is 9.53 Å². The first kappa shape index (κ1) is 25.2. The van der Waals surface area contributed by atoms with Crippen LogP contribution < -0.4 is 0 Å². The predicted molar refractivity (Wildman–Crippen MR) is 114 cm³/mol. The zero-order chi connectivity index (χ0) is 19.3. The monoisotopic (exact) mass is 366 g/mol. The molecule has 0 saturated heterocycles. The fraction of sp³-hybridized carbons (Fsp3) is 0.875. The maximum atomic E-state index is 11.2. The van der Waals surface area contributed by atoms with Crippen LogP contribution in [-0.4, -0.2) is 12.6 Å². The van der Waals surface area contributed by atoms with Crippen molar-refractivity contribution in [1.29, 1.82) is 0 Å². The highest BCUT2D eigenvalue weighted by Crippen LogP contribution is 2.14. The van der Waals surface area contributed by atoms with Gasteiger partial charge in [0, 0.05) is 6.42 Å². The first-order valence-corrected chi connectivity index (χ1v) is 11.5. The minimum absolute atomic E-state index is 0.0348. The van der Waals surface area contributed by atoms with Crippen LogP contribution >= 0.6 is 0 Å². The van der Waals surface area contributed by atoms with Crippen LogP contribution in [0, 0.1) is 5.92 Å². The van der Waals surface area contributed by atoms with E-state index in [1.165, 1.54) is 89.9 Å². The van der Waals surface area contributed by atoms with E-state index >= 15 is 0 Å². The second kappa shape index (κ2) is 20.5. The van der Waals surface area contributed by atoms with Crippen LogP contribution in [0.25, 0.3) is 0 Å². The molecule has 0 bridgehead atoms. The van der Waals surface area contributed by atoms with Crippen molar-refractivity contribution in [1.82, 2.24) is 0 Å². The molecule has 2 nitrogen and oxygen atoms in total. The summed E-state index contributed by atoms with van der Waals surface area (Å²) in [6, 6.07) is 0. The number of hydrogen-bond acceptors (Lipinski definition) is 2. The summed E-state index contributed by atoms with van der Waals surface area (Å²) in [6.45, 7) is 7.00. The first-order chi connectivity index (χ1) is 12.7. The molecule has 0 aromatic rings. The molecule has 0 radical (unpaired) electrons. The number of hydrogen-bond donors (Lipinski definition) is 0. The van der Waals surface area contributed by atoms with Gasteiger partial charge < -0.3 is 4.74 Å². The number of rotatable bonds is 19. The molecule has 0 aliphatic heterocycles. The lowest BCUT2D eigenvalue weighted by molar-refractivity contribution is -0.143. The van der Waals surface area contributed by atoms with Gasteiger partial charge in [-0.15, -0.1) is 0 Å². The zero-order valence-electron chi connectivity index (χ0n) is 18.1. The Morgan fingerprint density at radius 1 is 0.808 bits per heavy atom. The number of esters is 1. The molecule has 0 rings (SSSR count). The van der Waals surface area contributed by atoms with E-state index in [1.54, 1.807) is 0 Å². The van der Waals surface area contributed by atoms with Crippen molar-refractivity contribution in [3.63, 3.8) is 0 Å². The van der Waals surface area contributed by atoms with Crippen molar-refractivity contribution in [3.8, 4) is 0 Å². The molecule has 0 aromatic carbocycles. The lowest BCUT2D eigenvalue weighted by Crippen LogP contribution is -2.03. The molecule has 0 amide bonds. The third-order valence-corrected chi connectivity index (χ3v) is 5.03. The molecule has 1 atom stereocenters. The Morgan fingerprint density at radius 2 is 1.38 bits per heavy atom. The molecule has 0 aliphatic rings. The number of unbranched alkanes of at least 4 members (excludes halogenated alkanes) is 12. The van der Waals surface area contributed by atoms with E-state index in [-0.39, 0.29) is 5.97 Å². The highest BCUT2D eigenvalue weighted by Gasteiger charge is 2.00. The molecule has 0 aromatic heterocycles. The second-order valence-electron chi connectivity index (χ2n) is 7.78. The largest absolute Gasteiger partial charge is 0.466 e. The van der Waals surface area contributed by atoms with Crippen LogP contribution in [0.4, 0.5) is 0 Å². The summed E-state index contributed by atoms with van der Waals surface area (Å²) >= 11 is 0. The molecular formula is C24H46O2. The fourth-order valence-corrected chi connectivity index (χ4v) is 3.32. The van der Waals surface area contributed by atoms with Gasteiger partial charge in [0.1, 0.15) is 0 Å². The average molecular weight is 367 g/mol. The highest BCUT2D eigenvalue weighted by molar-refractivity contribution is 5.69. The summed E-state index contributed by atoms with van der Waals surface area (Å²) in [6.07, 6.45) is 25.1. The SMILES string of the molecule is CCCCCCC(C)C=CCCCCCCCCCCCC(=O)OCC. The Kier molecular flexibility index (Phi) is 19.9. The first-order valence-electron chi connectivity index (χ1n) is 11.5. The minimum Gasteiger partial charge on any atom is -0.466 e. The van der Waals surface area contributed by atoms with Gasteiger partial charge in [-0.2, -0.15) is 0 Å². The van der Waals surface area contributed by atoms with Crippen molar-refractivity contribution >= 4 is 5.97 Å². The van der Waals surface area contributed by atoms with Gasteiger partial charge in [-0.3, -0.25) is 4.79 Å². The molecule has 154 valence electrons. The number of carbonyl (C=O) groups excluding carboxylic acids is 1. The van der Waals surface area contributed by atoms with Gasteiger partial charge in [-0.25, -0.2) is 0 Å². The van der Waals surface area contributed by atoms with Gasteiger partial charge in [0.15, 0.2) is 0 Å². The molecule has 0 saturated carbocycles. The van der Waals surface area contributed by atoms with Gasteiger partial charge >= 0.3 is 5.97 Å². The van der Waals surface area contributed by atoms with E-state index in [1.807, 2.05) is 6.92 Å². The van der Waals surface area contributed by atoms with E-state index in [2.05, 4.69) is 26.0 Å². The topological polar surface area (TPSA) is 26.3 Å². The Hall–Kier alpha value is -0.790. The van der Waals surface area contributed by atoms with Crippen molar-refractivity contribution in [3.05, 3.63) is 12.2 Å². The normalized spacial score (nSPS) is 12.6. The predicted octanol–water partition coefficient (Wildman–Crippen LogP) is 8.00. The van der Waals surface area contributed by atoms with Crippen molar-refractivity contribution in [2.45, 2.75) is 124 Å². The van der Waals surface area contributed by atoms with Crippen molar-refractivity contribution in [2.75, 3.05) is 6.61 Å². The van der Waals surface area contributed by atoms with Crippen LogP contribution in [0.3, 0.4) is 0 Å². The molecule has 0 spiro atoms. The standard InChI is InChI=1S/C24H46O2/c1-4-6-7-17-20-23(3)21-18-15-13-11-9-8-10-12-14-16-19-22-24(25)26-5-2/h18,21,23H,4-17,19-20,22H2,1-3H3. The van der Waals surface area contributed by atoms with Crippen molar-refractivity contribution in [2.24, 2.45) is 5.92 Å². The third kappa shape index (κ3) is 19.5. The molecule has 1 unspecified atom stereocenters. The second-order valence-corrected chi connectivity index (χ2v) is 7.78. The Morgan fingerprint density at radius 3 is 2.00 bits per heavy atom. The minimum atomic E-state index is -0.0348. The summed E-state index contributed by atoms with van der Waals surface area (Å²) in [5, 5.41) is 0. The molecule has 2 heteroatoms. The lowest BCUT2D eigenvalue weighted by Gasteiger charge is -2.05. The van der Waals surface area contributed by atoms with Gasteiger partial charge in [0.25, 0.3) is 0 Å². The van der Waals surface area contributed by atoms with E-state index in [0.29, 0.717) is 13.0 Å². The zero-order valence-corrected chi connectivity index (χ0v) is 18.1. The highest BCUT2D eigenvalue weighted by atomic mass is 16.5. The summed E-state index contributed by atoms with van der Waals surface area (Å²) in [4.78, 5) is 11.2. The van der Waals surface area contributed by atoms with Crippen LogP contribution in [0.1, 0.15) is 124 Å². The smallest absolute Gasteiger partial charge is 0.305 e. The Labute approximate surface area is 164 Å². The maximum absolute atomic E-state index is 11.2. The Bertz CT molecular complexity index is 322. The van der Waals surface area contributed by atoms with Gasteiger partial charge in [-0.05, 0) is 38.5 Å². The van der Waals surface area contributed by atoms with E-state index in [4.69, 9.17) is 4.74 Å².